The lowest BCUT2D eigenvalue weighted by Gasteiger charge is -2.24. The monoisotopic (exact) mass is 628 g/mol. The molecule has 0 fully saturated rings. The van der Waals surface area contributed by atoms with Gasteiger partial charge in [-0.05, 0) is 47.9 Å². The van der Waals surface area contributed by atoms with Crippen LogP contribution in [0.15, 0.2) is 82.4 Å². The molecule has 0 bridgehead atoms. The van der Waals surface area contributed by atoms with Crippen molar-refractivity contribution < 1.29 is 24.2 Å². The molecule has 12 heteroatoms. The van der Waals surface area contributed by atoms with Gasteiger partial charge in [-0.3, -0.25) is 14.5 Å². The smallest absolute Gasteiger partial charge is 0.337 e. The maximum absolute atomic E-state index is 13.9. The first-order valence-corrected chi connectivity index (χ1v) is 15.7. The highest BCUT2D eigenvalue weighted by molar-refractivity contribution is 8.00. The molecule has 0 radical (unpaired) electrons. The fourth-order valence-corrected chi connectivity index (χ4v) is 7.80. The molecule has 0 saturated carbocycles. The zero-order chi connectivity index (χ0) is 30.2. The van der Waals surface area contributed by atoms with E-state index in [2.05, 4.69) is 39.4 Å². The zero-order valence-corrected chi connectivity index (χ0v) is 25.7. The molecule has 1 unspecified atom stereocenters. The number of ether oxygens (including phenoxy) is 1. The first-order valence-electron chi connectivity index (χ1n) is 13.1. The summed E-state index contributed by atoms with van der Waals surface area (Å²) in [6, 6.07) is 19.7. The van der Waals surface area contributed by atoms with Crippen molar-refractivity contribution in [1.29, 1.82) is 0 Å². The highest BCUT2D eigenvalue weighted by atomic mass is 32.2. The molecule has 9 nitrogen and oxygen atoms in total. The van der Waals surface area contributed by atoms with Gasteiger partial charge in [0.2, 0.25) is 10.9 Å². The standard InChI is InChI=1S/C31H24N4O5S3/c1-16-27(42-17(2)32-16)25(36)23-24(19-11-13-20(14-12-19)29(39)40-3)35(28(38)26(23)37)30-33-34-31(43-30)41-15-21-9-6-8-18-7-4-5-10-22(18)21/h4-14,24,37H,15H2,1-3H3. The number of hydrogen-bond acceptors (Lipinski definition) is 11. The Labute approximate surface area is 258 Å². The SMILES string of the molecule is COC(=O)c1ccc(C2C(C(=O)c3sc(C)nc3C)=C(O)C(=O)N2c2nnc(SCc3cccc4ccccc34)s2)cc1. The van der Waals surface area contributed by atoms with Crippen LogP contribution in [0.3, 0.4) is 0 Å². The number of esters is 1. The van der Waals surface area contributed by atoms with E-state index in [-0.39, 0.29) is 10.7 Å². The van der Waals surface area contributed by atoms with Crippen molar-refractivity contribution in [2.75, 3.05) is 12.0 Å². The fraction of sp³-hybridized carbons (Fsp3) is 0.161. The molecule has 43 heavy (non-hydrogen) atoms. The van der Waals surface area contributed by atoms with Gasteiger partial charge in [0, 0.05) is 5.75 Å². The number of ketones is 1. The number of amides is 1. The van der Waals surface area contributed by atoms with Crippen molar-refractivity contribution in [3.63, 3.8) is 0 Å². The number of thiazole rings is 1. The van der Waals surface area contributed by atoms with Gasteiger partial charge in [0.1, 0.15) is 0 Å². The first-order chi connectivity index (χ1) is 20.8. The van der Waals surface area contributed by atoms with E-state index in [1.54, 1.807) is 38.1 Å². The van der Waals surface area contributed by atoms with Gasteiger partial charge in [-0.15, -0.1) is 21.5 Å². The van der Waals surface area contributed by atoms with Crippen molar-refractivity contribution in [2.45, 2.75) is 30.0 Å². The third-order valence-corrected chi connectivity index (χ3v) is 10.2. The molecule has 1 N–H and O–H groups in total. The normalized spacial score (nSPS) is 15.0. The molecule has 1 aliphatic rings. The van der Waals surface area contributed by atoms with E-state index in [4.69, 9.17) is 4.74 Å². The summed E-state index contributed by atoms with van der Waals surface area (Å²) in [6.07, 6.45) is 0. The lowest BCUT2D eigenvalue weighted by Crippen LogP contribution is -2.31. The van der Waals surface area contributed by atoms with Gasteiger partial charge in [0.15, 0.2) is 10.1 Å². The summed E-state index contributed by atoms with van der Waals surface area (Å²) in [5.41, 5.74) is 2.39. The molecule has 216 valence electrons. The zero-order valence-electron chi connectivity index (χ0n) is 23.2. The number of carbonyl (C=O) groups excluding carboxylic acids is 3. The highest BCUT2D eigenvalue weighted by Gasteiger charge is 2.46. The number of hydrogen-bond donors (Lipinski definition) is 1. The minimum Gasteiger partial charge on any atom is -0.503 e. The maximum Gasteiger partial charge on any atom is 0.337 e. The van der Waals surface area contributed by atoms with Crippen molar-refractivity contribution >= 4 is 68.0 Å². The van der Waals surface area contributed by atoms with E-state index >= 15 is 0 Å². The number of thioether (sulfide) groups is 1. The number of methoxy groups -OCH3 is 1. The Balaban J connectivity index is 1.35. The molecule has 3 heterocycles. The third kappa shape index (κ3) is 5.33. The number of aliphatic hydroxyl groups is 1. The highest BCUT2D eigenvalue weighted by Crippen LogP contribution is 2.44. The molecule has 0 saturated heterocycles. The van der Waals surface area contributed by atoms with E-state index in [1.165, 1.54) is 46.4 Å². The van der Waals surface area contributed by atoms with Crippen LogP contribution in [0.1, 0.15) is 47.9 Å². The summed E-state index contributed by atoms with van der Waals surface area (Å²) >= 11 is 3.89. The largest absolute Gasteiger partial charge is 0.503 e. The number of nitrogens with zero attached hydrogens (tertiary/aromatic N) is 4. The van der Waals surface area contributed by atoms with Gasteiger partial charge < -0.3 is 9.84 Å². The maximum atomic E-state index is 13.9. The minimum atomic E-state index is -1.00. The fourth-order valence-electron chi connectivity index (χ4n) is 5.05. The van der Waals surface area contributed by atoms with Crippen LogP contribution in [0.2, 0.25) is 0 Å². The number of fused-ring (bicyclic) bond motifs is 1. The number of aryl methyl sites for hydroxylation is 2. The second-order valence-corrected chi connectivity index (χ2v) is 13.1. The summed E-state index contributed by atoms with van der Waals surface area (Å²) in [5, 5.41) is 23.0. The number of aliphatic hydroxyl groups excluding tert-OH is 1. The predicted octanol–water partition coefficient (Wildman–Crippen LogP) is 6.63. The van der Waals surface area contributed by atoms with E-state index < -0.39 is 29.5 Å². The van der Waals surface area contributed by atoms with E-state index in [1.807, 2.05) is 18.2 Å². The van der Waals surface area contributed by atoms with Crippen molar-refractivity contribution in [1.82, 2.24) is 15.2 Å². The lowest BCUT2D eigenvalue weighted by molar-refractivity contribution is -0.117. The number of rotatable bonds is 8. The van der Waals surface area contributed by atoms with E-state index in [0.717, 1.165) is 16.3 Å². The second-order valence-electron chi connectivity index (χ2n) is 9.71. The Bertz CT molecular complexity index is 1920. The number of Topliss-reactive ketones (excluding diaryl/α,β-unsaturated/α-hetero) is 1. The quantitative estimate of drug-likeness (QED) is 0.0873. The van der Waals surface area contributed by atoms with Gasteiger partial charge in [-0.1, -0.05) is 77.7 Å². The number of aromatic nitrogens is 3. The number of carbonyl (C=O) groups is 3. The minimum absolute atomic E-state index is 0.0808. The van der Waals surface area contributed by atoms with Gasteiger partial charge in [0.25, 0.3) is 5.91 Å². The molecule has 1 aliphatic heterocycles. The Morgan fingerprint density at radius 3 is 2.47 bits per heavy atom. The number of benzene rings is 3. The molecule has 2 aromatic heterocycles. The summed E-state index contributed by atoms with van der Waals surface area (Å²) in [6.45, 7) is 3.50. The summed E-state index contributed by atoms with van der Waals surface area (Å²) in [4.78, 5) is 45.5. The predicted molar refractivity (Wildman–Crippen MR) is 167 cm³/mol. The summed E-state index contributed by atoms with van der Waals surface area (Å²) in [5.74, 6) is -1.79. The molecular weight excluding hydrogens is 605 g/mol. The van der Waals surface area contributed by atoms with E-state index in [9.17, 15) is 19.5 Å². The molecule has 0 spiro atoms. The average Bonchev–Trinajstić information content (AvgIpc) is 3.70. The molecule has 6 rings (SSSR count). The van der Waals surface area contributed by atoms with Gasteiger partial charge in [-0.2, -0.15) is 0 Å². The summed E-state index contributed by atoms with van der Waals surface area (Å²) in [7, 11) is 1.29. The van der Waals surface area contributed by atoms with Gasteiger partial charge in [-0.25, -0.2) is 9.78 Å². The molecule has 3 aromatic carbocycles. The van der Waals surface area contributed by atoms with Crippen LogP contribution in [0, 0.1) is 13.8 Å². The van der Waals surface area contributed by atoms with Crippen molar-refractivity contribution in [2.24, 2.45) is 0 Å². The first kappa shape index (κ1) is 28.7. The molecule has 0 aliphatic carbocycles. The number of anilines is 1. The third-order valence-electron chi connectivity index (χ3n) is 7.04. The Kier molecular flexibility index (Phi) is 7.82. The lowest BCUT2D eigenvalue weighted by atomic mass is 9.94. The summed E-state index contributed by atoms with van der Waals surface area (Å²) < 4.78 is 5.44. The van der Waals surface area contributed by atoms with Crippen LogP contribution in [-0.2, 0) is 15.3 Å². The molecule has 5 aromatic rings. The van der Waals surface area contributed by atoms with Gasteiger partial charge in [0.05, 0.1) is 39.9 Å². The van der Waals surface area contributed by atoms with Crippen LogP contribution in [0.4, 0.5) is 5.13 Å². The van der Waals surface area contributed by atoms with Crippen molar-refractivity contribution in [3.8, 4) is 0 Å². The van der Waals surface area contributed by atoms with Gasteiger partial charge >= 0.3 is 5.97 Å². The van der Waals surface area contributed by atoms with Crippen LogP contribution in [0.5, 0.6) is 0 Å². The second kappa shape index (κ2) is 11.7. The van der Waals surface area contributed by atoms with Crippen LogP contribution < -0.4 is 4.90 Å². The Morgan fingerprint density at radius 2 is 1.74 bits per heavy atom. The Morgan fingerprint density at radius 1 is 1.00 bits per heavy atom. The van der Waals surface area contributed by atoms with Crippen molar-refractivity contribution in [3.05, 3.63) is 110 Å². The average molecular weight is 629 g/mol. The molecule has 1 atom stereocenters. The van der Waals surface area contributed by atoms with E-state index in [0.29, 0.717) is 36.8 Å². The molecule has 1 amide bonds. The molecular formula is C31H24N4O5S3. The van der Waals surface area contributed by atoms with Crippen LogP contribution >= 0.6 is 34.4 Å². The Hall–Kier alpha value is -4.39. The van der Waals surface area contributed by atoms with Crippen LogP contribution in [0.25, 0.3) is 10.8 Å². The topological polar surface area (TPSA) is 123 Å². The van der Waals surface area contributed by atoms with Crippen LogP contribution in [-0.4, -0.2) is 45.1 Å².